The molecule has 0 saturated heterocycles. The van der Waals surface area contributed by atoms with Crippen LogP contribution in [0.25, 0.3) is 0 Å². The Hall–Kier alpha value is -2.48. The summed E-state index contributed by atoms with van der Waals surface area (Å²) in [6.45, 7) is 2.19. The van der Waals surface area contributed by atoms with Gasteiger partial charge in [-0.15, -0.1) is 11.3 Å². The molecule has 20 heavy (non-hydrogen) atoms. The minimum Gasteiger partial charge on any atom is -0.393 e. The van der Waals surface area contributed by atoms with Gasteiger partial charge in [0.15, 0.2) is 0 Å². The van der Waals surface area contributed by atoms with Crippen LogP contribution in [0, 0.1) is 17.0 Å². The van der Waals surface area contributed by atoms with Crippen LogP contribution in [0.2, 0.25) is 0 Å². The summed E-state index contributed by atoms with van der Waals surface area (Å²) in [6, 6.07) is 3.98. The van der Waals surface area contributed by atoms with Crippen molar-refractivity contribution in [1.82, 2.24) is 10.3 Å². The summed E-state index contributed by atoms with van der Waals surface area (Å²) < 4.78 is 0. The summed E-state index contributed by atoms with van der Waals surface area (Å²) in [5, 5.41) is 13.5. The minimum atomic E-state index is -0.612. The molecule has 0 aliphatic heterocycles. The lowest BCUT2D eigenvalue weighted by Gasteiger charge is -2.05. The quantitative estimate of drug-likeness (QED) is 0.507. The van der Waals surface area contributed by atoms with Crippen molar-refractivity contribution in [2.24, 2.45) is 0 Å². The number of thiazole rings is 1. The molecule has 2 aromatic rings. The monoisotopic (exact) mass is 292 g/mol. The summed E-state index contributed by atoms with van der Waals surface area (Å²) in [5.41, 5.74) is 8.00. The number of nitrogen functional groups attached to an aromatic ring is 1. The van der Waals surface area contributed by atoms with Crippen molar-refractivity contribution in [3.8, 4) is 0 Å². The molecule has 0 spiro atoms. The molecule has 1 amide bonds. The third-order valence-electron chi connectivity index (χ3n) is 2.74. The van der Waals surface area contributed by atoms with Gasteiger partial charge in [0.2, 0.25) is 0 Å². The number of nitro groups is 1. The lowest BCUT2D eigenvalue weighted by molar-refractivity contribution is -0.383. The molecule has 0 bridgehead atoms. The van der Waals surface area contributed by atoms with Gasteiger partial charge in [0.05, 0.1) is 22.7 Å². The van der Waals surface area contributed by atoms with Gasteiger partial charge in [-0.25, -0.2) is 4.98 Å². The van der Waals surface area contributed by atoms with E-state index in [1.165, 1.54) is 29.5 Å². The number of anilines is 1. The van der Waals surface area contributed by atoms with Gasteiger partial charge in [0.25, 0.3) is 11.6 Å². The highest BCUT2D eigenvalue weighted by atomic mass is 32.1. The van der Waals surface area contributed by atoms with Crippen molar-refractivity contribution >= 4 is 28.6 Å². The second-order valence-corrected chi connectivity index (χ2v) is 5.01. The number of nitrogens with zero attached hydrogens (tertiary/aromatic N) is 2. The largest absolute Gasteiger partial charge is 0.393 e. The number of aromatic nitrogens is 1. The second kappa shape index (κ2) is 5.66. The van der Waals surface area contributed by atoms with Gasteiger partial charge in [0.1, 0.15) is 5.69 Å². The molecular weight excluding hydrogens is 280 g/mol. The van der Waals surface area contributed by atoms with Crippen molar-refractivity contribution in [2.75, 3.05) is 5.73 Å². The molecule has 0 atom stereocenters. The van der Waals surface area contributed by atoms with Gasteiger partial charge < -0.3 is 11.1 Å². The summed E-state index contributed by atoms with van der Waals surface area (Å²) >= 11 is 1.44. The van der Waals surface area contributed by atoms with Crippen LogP contribution in [0.15, 0.2) is 23.7 Å². The summed E-state index contributed by atoms with van der Waals surface area (Å²) in [6.07, 6.45) is 0. The maximum Gasteiger partial charge on any atom is 0.292 e. The first-order chi connectivity index (χ1) is 9.49. The Bertz CT molecular complexity index is 668. The fraction of sp³-hybridized carbons (Fsp3) is 0.167. The van der Waals surface area contributed by atoms with E-state index in [2.05, 4.69) is 10.3 Å². The van der Waals surface area contributed by atoms with Crippen LogP contribution in [0.1, 0.15) is 20.9 Å². The number of nitro benzene ring substituents is 1. The summed E-state index contributed by atoms with van der Waals surface area (Å²) in [4.78, 5) is 27.1. The number of nitrogens with one attached hydrogen (secondary N) is 1. The molecule has 104 valence electrons. The van der Waals surface area contributed by atoms with Crippen LogP contribution in [-0.4, -0.2) is 15.8 Å². The maximum absolute atomic E-state index is 11.9. The van der Waals surface area contributed by atoms with Crippen LogP contribution in [0.5, 0.6) is 0 Å². The molecule has 0 aliphatic carbocycles. The summed E-state index contributed by atoms with van der Waals surface area (Å²) in [7, 11) is 0. The van der Waals surface area contributed by atoms with Gasteiger partial charge in [-0.05, 0) is 19.1 Å². The standard InChI is InChI=1S/C12H12N4O3S/c1-7-11(20-6-15-7)5-14-12(17)8-2-3-9(13)10(4-8)16(18)19/h2-4,6H,5,13H2,1H3,(H,14,17). The van der Waals surface area contributed by atoms with Crippen LogP contribution >= 0.6 is 11.3 Å². The second-order valence-electron chi connectivity index (χ2n) is 4.07. The summed E-state index contributed by atoms with van der Waals surface area (Å²) in [5.74, 6) is -0.388. The van der Waals surface area contributed by atoms with E-state index in [4.69, 9.17) is 5.73 Å². The van der Waals surface area contributed by atoms with Gasteiger partial charge >= 0.3 is 0 Å². The van der Waals surface area contributed by atoms with Crippen LogP contribution in [0.4, 0.5) is 11.4 Å². The Labute approximate surface area is 118 Å². The van der Waals surface area contributed by atoms with Crippen molar-refractivity contribution in [3.05, 3.63) is 50.0 Å². The topological polar surface area (TPSA) is 111 Å². The molecule has 1 aromatic carbocycles. The van der Waals surface area contributed by atoms with E-state index in [1.54, 1.807) is 5.51 Å². The van der Waals surface area contributed by atoms with Gasteiger partial charge in [-0.3, -0.25) is 14.9 Å². The van der Waals surface area contributed by atoms with Crippen molar-refractivity contribution < 1.29 is 9.72 Å². The SMILES string of the molecule is Cc1ncsc1CNC(=O)c1ccc(N)c([N+](=O)[O-])c1. The molecule has 8 heteroatoms. The fourth-order valence-corrected chi connectivity index (χ4v) is 2.32. The minimum absolute atomic E-state index is 0.0323. The Balaban J connectivity index is 2.12. The number of amides is 1. The maximum atomic E-state index is 11.9. The Morgan fingerprint density at radius 1 is 1.55 bits per heavy atom. The van der Waals surface area contributed by atoms with Crippen LogP contribution < -0.4 is 11.1 Å². The predicted octanol–water partition coefficient (Wildman–Crippen LogP) is 1.87. The van der Waals surface area contributed by atoms with E-state index in [0.717, 1.165) is 10.6 Å². The van der Waals surface area contributed by atoms with Crippen molar-refractivity contribution in [2.45, 2.75) is 13.5 Å². The van der Waals surface area contributed by atoms with Crippen molar-refractivity contribution in [1.29, 1.82) is 0 Å². The third kappa shape index (κ3) is 2.91. The molecule has 1 heterocycles. The lowest BCUT2D eigenvalue weighted by atomic mass is 10.1. The number of benzene rings is 1. The highest BCUT2D eigenvalue weighted by molar-refractivity contribution is 7.09. The van der Waals surface area contributed by atoms with E-state index in [1.807, 2.05) is 6.92 Å². The Morgan fingerprint density at radius 2 is 2.30 bits per heavy atom. The smallest absolute Gasteiger partial charge is 0.292 e. The first-order valence-corrected chi connectivity index (χ1v) is 6.58. The molecule has 0 fully saturated rings. The number of hydrogen-bond acceptors (Lipinski definition) is 6. The zero-order valence-electron chi connectivity index (χ0n) is 10.6. The highest BCUT2D eigenvalue weighted by Crippen LogP contribution is 2.22. The molecule has 0 radical (unpaired) electrons. The average Bonchev–Trinajstić information content (AvgIpc) is 2.81. The number of carbonyl (C=O) groups is 1. The number of aryl methyl sites for hydroxylation is 1. The number of rotatable bonds is 4. The van der Waals surface area contributed by atoms with E-state index in [9.17, 15) is 14.9 Å². The van der Waals surface area contributed by atoms with E-state index in [-0.39, 0.29) is 22.8 Å². The first-order valence-electron chi connectivity index (χ1n) is 5.70. The number of nitrogens with two attached hydrogens (primary N) is 1. The van der Waals surface area contributed by atoms with E-state index >= 15 is 0 Å². The normalized spacial score (nSPS) is 10.2. The molecule has 1 aromatic heterocycles. The Morgan fingerprint density at radius 3 is 2.90 bits per heavy atom. The van der Waals surface area contributed by atoms with Gasteiger partial charge in [-0.2, -0.15) is 0 Å². The van der Waals surface area contributed by atoms with E-state index < -0.39 is 4.92 Å². The van der Waals surface area contributed by atoms with Crippen LogP contribution in [0.3, 0.4) is 0 Å². The molecule has 3 N–H and O–H groups in total. The molecule has 2 rings (SSSR count). The van der Waals surface area contributed by atoms with Gasteiger partial charge in [0, 0.05) is 16.5 Å². The lowest BCUT2D eigenvalue weighted by Crippen LogP contribution is -2.22. The zero-order chi connectivity index (χ0) is 14.7. The molecule has 0 unspecified atom stereocenters. The zero-order valence-corrected chi connectivity index (χ0v) is 11.4. The third-order valence-corrected chi connectivity index (χ3v) is 3.68. The predicted molar refractivity (Wildman–Crippen MR) is 75.5 cm³/mol. The first kappa shape index (κ1) is 13.9. The number of hydrogen-bond donors (Lipinski definition) is 2. The van der Waals surface area contributed by atoms with E-state index in [0.29, 0.717) is 6.54 Å². The average molecular weight is 292 g/mol. The van der Waals surface area contributed by atoms with Gasteiger partial charge in [-0.1, -0.05) is 0 Å². The van der Waals surface area contributed by atoms with Crippen molar-refractivity contribution in [3.63, 3.8) is 0 Å². The highest BCUT2D eigenvalue weighted by Gasteiger charge is 2.15. The molecule has 0 aliphatic rings. The van der Waals surface area contributed by atoms with Crippen LogP contribution in [-0.2, 0) is 6.54 Å². The molecule has 0 saturated carbocycles. The number of carbonyl (C=O) groups excluding carboxylic acids is 1. The molecule has 7 nitrogen and oxygen atoms in total. The fourth-order valence-electron chi connectivity index (χ4n) is 1.60. The Kier molecular flexibility index (Phi) is 3.94. The molecular formula is C12H12N4O3S.